The van der Waals surface area contributed by atoms with Gasteiger partial charge in [-0.3, -0.25) is 0 Å². The molecule has 1 nitrogen and oxygen atoms in total. The first-order valence-electron chi connectivity index (χ1n) is 6.82. The van der Waals surface area contributed by atoms with Gasteiger partial charge in [0.2, 0.25) is 0 Å². The third kappa shape index (κ3) is 3.47. The Bertz CT molecular complexity index is 517. The molecular weight excluding hydrogens is 318 g/mol. The minimum atomic E-state index is 0.712. The largest absolute Gasteiger partial charge is 0.314 e. The lowest BCUT2D eigenvalue weighted by molar-refractivity contribution is 0.293. The standard InChI is InChI=1S/C16H18BrNS/c17-14-4-1-3-12(9-14)13-10-15(11-13)18-7-6-16-5-2-8-19-16/h1-5,8-9,13,15,18H,6-7,10-11H2. The van der Waals surface area contributed by atoms with E-state index in [0.717, 1.165) is 18.9 Å². The van der Waals surface area contributed by atoms with E-state index in [1.165, 1.54) is 27.8 Å². The van der Waals surface area contributed by atoms with E-state index in [0.29, 0.717) is 6.04 Å². The maximum absolute atomic E-state index is 3.67. The molecule has 1 aromatic carbocycles. The maximum atomic E-state index is 3.67. The first-order valence-corrected chi connectivity index (χ1v) is 8.50. The second-order valence-corrected chi connectivity index (χ2v) is 7.15. The molecule has 3 heteroatoms. The molecule has 1 fully saturated rings. The Kier molecular flexibility index (Phi) is 4.36. The molecule has 0 aliphatic heterocycles. The molecule has 0 atom stereocenters. The van der Waals surface area contributed by atoms with Crippen molar-refractivity contribution in [2.24, 2.45) is 0 Å². The van der Waals surface area contributed by atoms with Gasteiger partial charge in [0, 0.05) is 21.9 Å². The number of rotatable bonds is 5. The van der Waals surface area contributed by atoms with Crippen molar-refractivity contribution in [2.45, 2.75) is 31.2 Å². The molecular formula is C16H18BrNS. The molecule has 2 aromatic rings. The molecule has 100 valence electrons. The van der Waals surface area contributed by atoms with Crippen molar-refractivity contribution in [3.63, 3.8) is 0 Å². The summed E-state index contributed by atoms with van der Waals surface area (Å²) in [5, 5.41) is 5.82. The third-order valence-corrected chi connectivity index (χ3v) is 5.27. The summed E-state index contributed by atoms with van der Waals surface area (Å²) < 4.78 is 1.19. The van der Waals surface area contributed by atoms with Crippen LogP contribution in [0.4, 0.5) is 0 Å². The Morgan fingerprint density at radius 3 is 2.84 bits per heavy atom. The number of nitrogens with one attached hydrogen (secondary N) is 1. The van der Waals surface area contributed by atoms with Gasteiger partial charge in [-0.25, -0.2) is 0 Å². The molecule has 1 aliphatic carbocycles. The molecule has 0 spiro atoms. The lowest BCUT2D eigenvalue weighted by Crippen LogP contribution is -2.40. The normalized spacial score (nSPS) is 22.2. The van der Waals surface area contributed by atoms with Crippen LogP contribution in [0.2, 0.25) is 0 Å². The van der Waals surface area contributed by atoms with Gasteiger partial charge in [0.25, 0.3) is 0 Å². The van der Waals surface area contributed by atoms with Gasteiger partial charge in [-0.2, -0.15) is 0 Å². The van der Waals surface area contributed by atoms with Crippen LogP contribution in [0.25, 0.3) is 0 Å². The first-order chi connectivity index (χ1) is 9.31. The number of benzene rings is 1. The van der Waals surface area contributed by atoms with Crippen LogP contribution in [0.1, 0.15) is 29.2 Å². The number of thiophene rings is 1. The van der Waals surface area contributed by atoms with Crippen LogP contribution in [0, 0.1) is 0 Å². The molecule has 1 aliphatic rings. The van der Waals surface area contributed by atoms with Crippen molar-refractivity contribution in [3.8, 4) is 0 Å². The molecule has 0 bridgehead atoms. The maximum Gasteiger partial charge on any atom is 0.0178 e. The quantitative estimate of drug-likeness (QED) is 0.842. The number of halogens is 1. The summed E-state index contributed by atoms with van der Waals surface area (Å²) in [5.74, 6) is 0.747. The van der Waals surface area contributed by atoms with Crippen molar-refractivity contribution >= 4 is 27.3 Å². The second kappa shape index (κ2) is 6.21. The van der Waals surface area contributed by atoms with Gasteiger partial charge in [0.15, 0.2) is 0 Å². The smallest absolute Gasteiger partial charge is 0.0178 e. The summed E-state index contributed by atoms with van der Waals surface area (Å²) in [6, 6.07) is 13.8. The lowest BCUT2D eigenvalue weighted by Gasteiger charge is -2.36. The molecule has 1 aromatic heterocycles. The van der Waals surface area contributed by atoms with Crippen LogP contribution in [-0.4, -0.2) is 12.6 Å². The molecule has 1 heterocycles. The first kappa shape index (κ1) is 13.3. The third-order valence-electron chi connectivity index (χ3n) is 3.84. The average Bonchev–Trinajstić information content (AvgIpc) is 2.85. The van der Waals surface area contributed by atoms with Crippen LogP contribution in [-0.2, 0) is 6.42 Å². The summed E-state index contributed by atoms with van der Waals surface area (Å²) >= 11 is 5.40. The Hall–Kier alpha value is -0.640. The zero-order valence-corrected chi connectivity index (χ0v) is 13.2. The summed E-state index contributed by atoms with van der Waals surface area (Å²) in [7, 11) is 0. The van der Waals surface area contributed by atoms with Gasteiger partial charge in [0.05, 0.1) is 0 Å². The van der Waals surface area contributed by atoms with Crippen LogP contribution in [0.15, 0.2) is 46.3 Å². The molecule has 0 amide bonds. The van der Waals surface area contributed by atoms with Gasteiger partial charge in [-0.05, 0) is 54.3 Å². The Morgan fingerprint density at radius 2 is 2.11 bits per heavy atom. The Labute approximate surface area is 127 Å². The van der Waals surface area contributed by atoms with Gasteiger partial charge >= 0.3 is 0 Å². The van der Waals surface area contributed by atoms with Gasteiger partial charge < -0.3 is 5.32 Å². The second-order valence-electron chi connectivity index (χ2n) is 5.20. The topological polar surface area (TPSA) is 12.0 Å². The summed E-state index contributed by atoms with van der Waals surface area (Å²) in [5.41, 5.74) is 1.48. The SMILES string of the molecule is Brc1cccc(C2CC(NCCc3cccs3)C2)c1. The minimum absolute atomic E-state index is 0.712. The van der Waals surface area contributed by atoms with Gasteiger partial charge in [-0.1, -0.05) is 34.1 Å². The van der Waals surface area contributed by atoms with E-state index in [1.807, 2.05) is 11.3 Å². The van der Waals surface area contributed by atoms with E-state index in [4.69, 9.17) is 0 Å². The van der Waals surface area contributed by atoms with Gasteiger partial charge in [0.1, 0.15) is 0 Å². The molecule has 1 saturated carbocycles. The van der Waals surface area contributed by atoms with Crippen LogP contribution < -0.4 is 5.32 Å². The van der Waals surface area contributed by atoms with E-state index in [2.05, 4.69) is 63.0 Å². The summed E-state index contributed by atoms with van der Waals surface area (Å²) in [6.45, 7) is 1.11. The van der Waals surface area contributed by atoms with Gasteiger partial charge in [-0.15, -0.1) is 11.3 Å². The monoisotopic (exact) mass is 335 g/mol. The zero-order chi connectivity index (χ0) is 13.1. The van der Waals surface area contributed by atoms with E-state index in [1.54, 1.807) is 0 Å². The van der Waals surface area contributed by atoms with Crippen molar-refractivity contribution < 1.29 is 0 Å². The predicted molar refractivity (Wildman–Crippen MR) is 85.9 cm³/mol. The fraction of sp³-hybridized carbons (Fsp3) is 0.375. The van der Waals surface area contributed by atoms with E-state index in [-0.39, 0.29) is 0 Å². The van der Waals surface area contributed by atoms with Crippen molar-refractivity contribution in [3.05, 3.63) is 56.7 Å². The van der Waals surface area contributed by atoms with Crippen LogP contribution >= 0.6 is 27.3 Å². The van der Waals surface area contributed by atoms with Crippen LogP contribution in [0.5, 0.6) is 0 Å². The van der Waals surface area contributed by atoms with E-state index in [9.17, 15) is 0 Å². The minimum Gasteiger partial charge on any atom is -0.314 e. The highest BCUT2D eigenvalue weighted by molar-refractivity contribution is 9.10. The zero-order valence-electron chi connectivity index (χ0n) is 10.8. The van der Waals surface area contributed by atoms with Crippen molar-refractivity contribution in [1.29, 1.82) is 0 Å². The highest BCUT2D eigenvalue weighted by Gasteiger charge is 2.29. The molecule has 0 unspecified atom stereocenters. The Morgan fingerprint density at radius 1 is 1.21 bits per heavy atom. The number of hydrogen-bond acceptors (Lipinski definition) is 2. The molecule has 1 N–H and O–H groups in total. The van der Waals surface area contributed by atoms with E-state index >= 15 is 0 Å². The number of hydrogen-bond donors (Lipinski definition) is 1. The predicted octanol–water partition coefficient (Wildman–Crippen LogP) is 4.59. The molecule has 0 saturated heterocycles. The van der Waals surface area contributed by atoms with Crippen molar-refractivity contribution in [1.82, 2.24) is 5.32 Å². The fourth-order valence-corrected chi connectivity index (χ4v) is 3.80. The molecule has 0 radical (unpaired) electrons. The summed E-state index contributed by atoms with van der Waals surface area (Å²) in [4.78, 5) is 1.48. The summed E-state index contributed by atoms with van der Waals surface area (Å²) in [6.07, 6.45) is 3.72. The lowest BCUT2D eigenvalue weighted by atomic mass is 9.76. The van der Waals surface area contributed by atoms with Crippen molar-refractivity contribution in [2.75, 3.05) is 6.54 Å². The van der Waals surface area contributed by atoms with Crippen LogP contribution in [0.3, 0.4) is 0 Å². The average molecular weight is 336 g/mol. The molecule has 3 rings (SSSR count). The Balaban J connectivity index is 1.41. The highest BCUT2D eigenvalue weighted by atomic mass is 79.9. The highest BCUT2D eigenvalue weighted by Crippen LogP contribution is 2.37. The molecule has 19 heavy (non-hydrogen) atoms. The van der Waals surface area contributed by atoms with E-state index < -0.39 is 0 Å². The fourth-order valence-electron chi connectivity index (χ4n) is 2.67.